The highest BCUT2D eigenvalue weighted by atomic mass is 32.1. The van der Waals surface area contributed by atoms with E-state index in [2.05, 4.69) is 68.4 Å². The molecule has 0 fully saturated rings. The van der Waals surface area contributed by atoms with Crippen LogP contribution in [0.25, 0.3) is 0 Å². The van der Waals surface area contributed by atoms with Gasteiger partial charge in [0.05, 0.1) is 0 Å². The van der Waals surface area contributed by atoms with Crippen LogP contribution in [0.2, 0.25) is 0 Å². The first-order chi connectivity index (χ1) is 10.0. The number of hydrogen-bond donors (Lipinski definition) is 1. The molecule has 0 bridgehead atoms. The summed E-state index contributed by atoms with van der Waals surface area (Å²) >= 11 is 1.83. The molecule has 1 aromatic carbocycles. The minimum Gasteiger partial charge on any atom is -0.329 e. The van der Waals surface area contributed by atoms with Crippen molar-refractivity contribution in [1.29, 1.82) is 0 Å². The van der Waals surface area contributed by atoms with Gasteiger partial charge < -0.3 is 5.73 Å². The Morgan fingerprint density at radius 3 is 2.62 bits per heavy atom. The fourth-order valence-corrected chi connectivity index (χ4v) is 3.63. The molecule has 1 heterocycles. The summed E-state index contributed by atoms with van der Waals surface area (Å²) in [6.07, 6.45) is 1.08. The van der Waals surface area contributed by atoms with Crippen molar-refractivity contribution >= 4 is 11.3 Å². The molecule has 0 aliphatic carbocycles. The Kier molecular flexibility index (Phi) is 5.57. The first-order valence-electron chi connectivity index (χ1n) is 7.54. The molecule has 114 valence electrons. The topological polar surface area (TPSA) is 29.3 Å². The maximum absolute atomic E-state index is 6.10. The molecule has 0 radical (unpaired) electrons. The molecule has 2 N–H and O–H groups in total. The molecule has 2 atom stereocenters. The minimum atomic E-state index is 0.278. The summed E-state index contributed by atoms with van der Waals surface area (Å²) in [5.41, 5.74) is 10.1. The van der Waals surface area contributed by atoms with Gasteiger partial charge in [0, 0.05) is 23.5 Å². The second-order valence-corrected chi connectivity index (χ2v) is 6.94. The Morgan fingerprint density at radius 2 is 2.00 bits per heavy atom. The zero-order valence-corrected chi connectivity index (χ0v) is 14.3. The maximum Gasteiger partial charge on any atom is 0.0473 e. The van der Waals surface area contributed by atoms with Gasteiger partial charge in [0.25, 0.3) is 0 Å². The van der Waals surface area contributed by atoms with Crippen LogP contribution in [0.5, 0.6) is 0 Å². The molecular weight excluding hydrogens is 276 g/mol. The van der Waals surface area contributed by atoms with Gasteiger partial charge in [-0.05, 0) is 56.8 Å². The van der Waals surface area contributed by atoms with Gasteiger partial charge in [0.2, 0.25) is 0 Å². The molecule has 2 nitrogen and oxygen atoms in total. The summed E-state index contributed by atoms with van der Waals surface area (Å²) in [6, 6.07) is 11.7. The molecule has 2 rings (SSSR count). The Morgan fingerprint density at radius 1 is 1.24 bits per heavy atom. The summed E-state index contributed by atoms with van der Waals surface area (Å²) in [7, 11) is 2.19. The van der Waals surface area contributed by atoms with Crippen molar-refractivity contribution in [2.24, 2.45) is 5.73 Å². The Balaban J connectivity index is 2.17. The van der Waals surface area contributed by atoms with Crippen LogP contribution in [0.3, 0.4) is 0 Å². The molecule has 0 amide bonds. The van der Waals surface area contributed by atoms with E-state index in [1.807, 2.05) is 11.3 Å². The van der Waals surface area contributed by atoms with Gasteiger partial charge >= 0.3 is 0 Å². The fraction of sp³-hybridized carbons (Fsp3) is 0.444. The molecule has 2 aromatic rings. The summed E-state index contributed by atoms with van der Waals surface area (Å²) < 4.78 is 0. The highest BCUT2D eigenvalue weighted by Gasteiger charge is 2.22. The van der Waals surface area contributed by atoms with Crippen LogP contribution in [0.1, 0.15) is 34.5 Å². The van der Waals surface area contributed by atoms with Crippen LogP contribution in [0.4, 0.5) is 0 Å². The van der Waals surface area contributed by atoms with Crippen LogP contribution in [-0.2, 0) is 6.42 Å². The first-order valence-corrected chi connectivity index (χ1v) is 8.42. The van der Waals surface area contributed by atoms with Crippen molar-refractivity contribution in [3.63, 3.8) is 0 Å². The molecule has 2 unspecified atom stereocenters. The lowest BCUT2D eigenvalue weighted by atomic mass is 9.96. The number of rotatable bonds is 6. The molecular formula is C18H26N2S. The third kappa shape index (κ3) is 3.94. The average Bonchev–Trinajstić information content (AvgIpc) is 2.96. The van der Waals surface area contributed by atoms with Gasteiger partial charge in [0.1, 0.15) is 0 Å². The molecule has 21 heavy (non-hydrogen) atoms. The van der Waals surface area contributed by atoms with E-state index in [0.29, 0.717) is 12.6 Å². The number of benzene rings is 1. The first kappa shape index (κ1) is 16.2. The summed E-state index contributed by atoms with van der Waals surface area (Å²) in [5, 5.41) is 2.15. The third-order valence-corrected chi connectivity index (χ3v) is 5.18. The normalized spacial score (nSPS) is 14.4. The van der Waals surface area contributed by atoms with Crippen molar-refractivity contribution in [2.45, 2.75) is 39.3 Å². The van der Waals surface area contributed by atoms with E-state index in [4.69, 9.17) is 5.73 Å². The van der Waals surface area contributed by atoms with Gasteiger partial charge in [-0.2, -0.15) is 0 Å². The zero-order chi connectivity index (χ0) is 15.4. The van der Waals surface area contributed by atoms with Crippen LogP contribution in [0.15, 0.2) is 35.7 Å². The van der Waals surface area contributed by atoms with E-state index in [1.54, 1.807) is 0 Å². The van der Waals surface area contributed by atoms with Crippen molar-refractivity contribution in [2.75, 3.05) is 13.6 Å². The summed E-state index contributed by atoms with van der Waals surface area (Å²) in [4.78, 5) is 3.85. The number of likely N-dealkylation sites (N-methyl/N-ethyl adjacent to an activating group) is 1. The van der Waals surface area contributed by atoms with Gasteiger partial charge in [0.15, 0.2) is 0 Å². The number of nitrogens with two attached hydrogens (primary N) is 1. The lowest BCUT2D eigenvalue weighted by Crippen LogP contribution is -2.38. The van der Waals surface area contributed by atoms with Gasteiger partial charge in [-0.15, -0.1) is 11.3 Å². The second kappa shape index (κ2) is 7.21. The molecule has 0 saturated carbocycles. The minimum absolute atomic E-state index is 0.278. The summed E-state index contributed by atoms with van der Waals surface area (Å²) in [6.45, 7) is 7.25. The number of thiophene rings is 1. The molecule has 0 aliphatic heterocycles. The fourth-order valence-electron chi connectivity index (χ4n) is 2.80. The van der Waals surface area contributed by atoms with Gasteiger partial charge in [-0.3, -0.25) is 4.90 Å². The third-order valence-electron chi connectivity index (χ3n) is 4.28. The molecule has 3 heteroatoms. The Labute approximate surface area is 132 Å². The highest BCUT2D eigenvalue weighted by Crippen LogP contribution is 2.26. The van der Waals surface area contributed by atoms with Crippen LogP contribution in [0, 0.1) is 13.8 Å². The maximum atomic E-state index is 6.10. The van der Waals surface area contributed by atoms with Gasteiger partial charge in [-0.25, -0.2) is 0 Å². The average molecular weight is 302 g/mol. The van der Waals surface area contributed by atoms with Crippen molar-refractivity contribution in [1.82, 2.24) is 4.90 Å². The molecule has 0 spiro atoms. The van der Waals surface area contributed by atoms with E-state index in [9.17, 15) is 0 Å². The molecule has 0 aliphatic rings. The van der Waals surface area contributed by atoms with Crippen LogP contribution < -0.4 is 5.73 Å². The number of nitrogens with zero attached hydrogens (tertiary/aromatic N) is 1. The van der Waals surface area contributed by atoms with Crippen LogP contribution >= 0.6 is 11.3 Å². The number of hydrogen-bond acceptors (Lipinski definition) is 3. The molecule has 1 aromatic heterocycles. The largest absolute Gasteiger partial charge is 0.329 e. The number of aryl methyl sites for hydroxylation is 2. The van der Waals surface area contributed by atoms with Gasteiger partial charge in [-0.1, -0.05) is 29.8 Å². The predicted octanol–water partition coefficient (Wildman–Crippen LogP) is 3.93. The van der Waals surface area contributed by atoms with E-state index in [-0.39, 0.29) is 6.04 Å². The lowest BCUT2D eigenvalue weighted by Gasteiger charge is -2.33. The Bertz CT molecular complexity index is 563. The molecule has 0 saturated heterocycles. The zero-order valence-electron chi connectivity index (χ0n) is 13.5. The second-order valence-electron chi connectivity index (χ2n) is 5.91. The van der Waals surface area contributed by atoms with E-state index in [0.717, 1.165) is 6.42 Å². The SMILES string of the molecule is Cc1ccc(C)c(C(CN)N(C)C(C)Cc2cccs2)c1. The van der Waals surface area contributed by atoms with Crippen molar-refractivity contribution < 1.29 is 0 Å². The summed E-state index contributed by atoms with van der Waals surface area (Å²) in [5.74, 6) is 0. The monoisotopic (exact) mass is 302 g/mol. The predicted molar refractivity (Wildman–Crippen MR) is 93.0 cm³/mol. The van der Waals surface area contributed by atoms with E-state index >= 15 is 0 Å². The van der Waals surface area contributed by atoms with E-state index in [1.165, 1.54) is 21.6 Å². The smallest absolute Gasteiger partial charge is 0.0473 e. The standard InChI is InChI=1S/C18H26N2S/c1-13-7-8-14(2)17(10-13)18(12-19)20(4)15(3)11-16-6-5-9-21-16/h5-10,15,18H,11-12,19H2,1-4H3. The quantitative estimate of drug-likeness (QED) is 0.876. The Hall–Kier alpha value is -1.16. The van der Waals surface area contributed by atoms with E-state index < -0.39 is 0 Å². The van der Waals surface area contributed by atoms with Crippen LogP contribution in [-0.4, -0.2) is 24.5 Å². The lowest BCUT2D eigenvalue weighted by molar-refractivity contribution is 0.188. The van der Waals surface area contributed by atoms with Crippen molar-refractivity contribution in [3.8, 4) is 0 Å². The van der Waals surface area contributed by atoms with Crippen molar-refractivity contribution in [3.05, 3.63) is 57.3 Å². The highest BCUT2D eigenvalue weighted by molar-refractivity contribution is 7.09.